The third kappa shape index (κ3) is 4.98. The topological polar surface area (TPSA) is 74.2 Å². The Morgan fingerprint density at radius 2 is 1.71 bits per heavy atom. The van der Waals surface area contributed by atoms with E-state index in [9.17, 15) is 9.59 Å². The number of carbonyl (C=O) groups excluding carboxylic acids is 2. The van der Waals surface area contributed by atoms with Crippen LogP contribution in [0.1, 0.15) is 74.8 Å². The average Bonchev–Trinajstić information content (AvgIpc) is 2.92. The summed E-state index contributed by atoms with van der Waals surface area (Å²) in [5, 5.41) is 0. The maximum absolute atomic E-state index is 15.2. The second-order valence-electron chi connectivity index (χ2n) is 10.4. The lowest BCUT2D eigenvalue weighted by Crippen LogP contribution is -2.39. The van der Waals surface area contributed by atoms with Crippen LogP contribution in [0.25, 0.3) is 0 Å². The van der Waals surface area contributed by atoms with E-state index in [1.165, 1.54) is 6.07 Å². The van der Waals surface area contributed by atoms with Crippen molar-refractivity contribution < 1.29 is 28.2 Å². The summed E-state index contributed by atoms with van der Waals surface area (Å²) in [6.45, 7) is 1.79. The zero-order chi connectivity index (χ0) is 26.8. The first kappa shape index (κ1) is 26.1. The highest BCUT2D eigenvalue weighted by molar-refractivity contribution is 6.09. The van der Waals surface area contributed by atoms with E-state index in [1.54, 1.807) is 39.3 Å². The number of aliphatic imine (C=N–C) groups is 1. The molecule has 0 N–H and O–H groups in total. The molecule has 0 saturated heterocycles. The molecule has 38 heavy (non-hydrogen) atoms. The van der Waals surface area contributed by atoms with Crippen molar-refractivity contribution in [3.8, 4) is 11.5 Å². The predicted octanol–water partition coefficient (Wildman–Crippen LogP) is 6.29. The normalized spacial score (nSPS) is 23.9. The fourth-order valence-electron chi connectivity index (χ4n) is 6.19. The van der Waals surface area contributed by atoms with Crippen LogP contribution in [0.3, 0.4) is 0 Å². The Hall–Kier alpha value is -3.48. The summed E-state index contributed by atoms with van der Waals surface area (Å²) >= 11 is 0. The summed E-state index contributed by atoms with van der Waals surface area (Å²) in [6.07, 6.45) is 5.45. The number of ketones is 1. The molecule has 0 radical (unpaired) electrons. The van der Waals surface area contributed by atoms with E-state index in [-0.39, 0.29) is 24.2 Å². The van der Waals surface area contributed by atoms with Gasteiger partial charge in [-0.3, -0.25) is 14.6 Å². The summed E-state index contributed by atoms with van der Waals surface area (Å²) in [7, 11) is 3.16. The van der Waals surface area contributed by atoms with Gasteiger partial charge in [0.25, 0.3) is 0 Å². The van der Waals surface area contributed by atoms with Crippen molar-refractivity contribution in [2.45, 2.75) is 69.8 Å². The maximum atomic E-state index is 15.2. The second kappa shape index (κ2) is 11.1. The number of nitrogens with zero attached hydrogens (tertiary/aromatic N) is 1. The highest BCUT2D eigenvalue weighted by atomic mass is 19.1. The second-order valence-corrected chi connectivity index (χ2v) is 10.4. The van der Waals surface area contributed by atoms with Gasteiger partial charge in [-0.15, -0.1) is 0 Å². The SMILES string of the molecule is COc1ccc([C@@H]2CC(=O)C3=C(C2)N=C(C)C(C(=O)OC2CCCCC2)[C@H]3c2ccccc2F)cc1OC. The van der Waals surface area contributed by atoms with E-state index in [0.717, 1.165) is 37.7 Å². The lowest BCUT2D eigenvalue weighted by atomic mass is 9.69. The molecule has 1 fully saturated rings. The zero-order valence-corrected chi connectivity index (χ0v) is 22.2. The van der Waals surface area contributed by atoms with Gasteiger partial charge in [-0.1, -0.05) is 30.7 Å². The molecule has 2 aliphatic carbocycles. The van der Waals surface area contributed by atoms with Gasteiger partial charge < -0.3 is 14.2 Å². The smallest absolute Gasteiger partial charge is 0.315 e. The minimum atomic E-state index is -0.839. The summed E-state index contributed by atoms with van der Waals surface area (Å²) < 4.78 is 32.0. The van der Waals surface area contributed by atoms with Gasteiger partial charge in [0, 0.05) is 29.3 Å². The van der Waals surface area contributed by atoms with E-state index in [0.29, 0.717) is 40.5 Å². The van der Waals surface area contributed by atoms with Gasteiger partial charge in [0.15, 0.2) is 17.3 Å². The summed E-state index contributed by atoms with van der Waals surface area (Å²) in [5.74, 6) is -1.50. The van der Waals surface area contributed by atoms with Crippen LogP contribution in [0.4, 0.5) is 4.39 Å². The lowest BCUT2D eigenvalue weighted by molar-refractivity contribution is -0.153. The number of carbonyl (C=O) groups is 2. The van der Waals surface area contributed by atoms with E-state index < -0.39 is 23.6 Å². The Labute approximate surface area is 222 Å². The minimum absolute atomic E-state index is 0.119. The fourth-order valence-corrected chi connectivity index (χ4v) is 6.19. The number of halogens is 1. The Morgan fingerprint density at radius 3 is 2.42 bits per heavy atom. The molecule has 1 heterocycles. The van der Waals surface area contributed by atoms with Crippen LogP contribution in [0.15, 0.2) is 58.7 Å². The molecule has 5 rings (SSSR count). The van der Waals surface area contributed by atoms with Crippen molar-refractivity contribution in [2.75, 3.05) is 14.2 Å². The lowest BCUT2D eigenvalue weighted by Gasteiger charge is -2.37. The standard InChI is InChI=1S/C31H34FNO5/c1-18-28(31(35)38-21-9-5-4-6-10-21)29(22-11-7-8-12-23(22)32)30-24(33-18)15-20(16-25(30)34)19-13-14-26(36-2)27(17-19)37-3/h7-8,11-14,17,20-21,28-29H,4-6,9-10,15-16H2,1-3H3/t20-,28?,29+/m0/s1. The Morgan fingerprint density at radius 1 is 0.974 bits per heavy atom. The average molecular weight is 520 g/mol. The van der Waals surface area contributed by atoms with Crippen molar-refractivity contribution in [1.82, 2.24) is 0 Å². The molecule has 0 aromatic heterocycles. The molecule has 1 unspecified atom stereocenters. The number of hydrogen-bond acceptors (Lipinski definition) is 6. The molecule has 2 aromatic rings. The molecular formula is C31H34FNO5. The van der Waals surface area contributed by atoms with E-state index in [2.05, 4.69) is 0 Å². The quantitative estimate of drug-likeness (QED) is 0.419. The molecule has 2 aromatic carbocycles. The molecule has 0 spiro atoms. The number of esters is 1. The molecule has 6 nitrogen and oxygen atoms in total. The Kier molecular flexibility index (Phi) is 7.63. The summed E-state index contributed by atoms with van der Waals surface area (Å²) in [5.41, 5.74) is 2.88. The molecule has 1 saturated carbocycles. The van der Waals surface area contributed by atoms with Crippen molar-refractivity contribution in [3.63, 3.8) is 0 Å². The molecule has 0 amide bonds. The fraction of sp³-hybridized carbons (Fsp3) is 0.452. The maximum Gasteiger partial charge on any atom is 0.315 e. The van der Waals surface area contributed by atoms with Crippen molar-refractivity contribution >= 4 is 17.5 Å². The van der Waals surface area contributed by atoms with Crippen LogP contribution in [-0.2, 0) is 14.3 Å². The molecule has 7 heteroatoms. The zero-order valence-electron chi connectivity index (χ0n) is 22.2. The minimum Gasteiger partial charge on any atom is -0.493 e. The number of Topliss-reactive ketones (excluding diaryl/α,β-unsaturated/α-hetero) is 1. The van der Waals surface area contributed by atoms with Gasteiger partial charge in [0.1, 0.15) is 17.8 Å². The van der Waals surface area contributed by atoms with E-state index >= 15 is 4.39 Å². The van der Waals surface area contributed by atoms with Crippen LogP contribution in [0.2, 0.25) is 0 Å². The van der Waals surface area contributed by atoms with E-state index in [4.69, 9.17) is 19.2 Å². The van der Waals surface area contributed by atoms with Crippen LogP contribution >= 0.6 is 0 Å². The van der Waals surface area contributed by atoms with E-state index in [1.807, 2.05) is 18.2 Å². The van der Waals surface area contributed by atoms with Gasteiger partial charge in [-0.25, -0.2) is 4.39 Å². The third-order valence-corrected chi connectivity index (χ3v) is 8.10. The van der Waals surface area contributed by atoms with Gasteiger partial charge in [0.2, 0.25) is 0 Å². The van der Waals surface area contributed by atoms with Crippen molar-refractivity contribution in [1.29, 1.82) is 0 Å². The molecule has 200 valence electrons. The first-order valence-electron chi connectivity index (χ1n) is 13.4. The predicted molar refractivity (Wildman–Crippen MR) is 142 cm³/mol. The summed E-state index contributed by atoms with van der Waals surface area (Å²) in [6, 6.07) is 12.0. The Balaban J connectivity index is 1.52. The number of ether oxygens (including phenoxy) is 3. The van der Waals surface area contributed by atoms with Crippen LogP contribution in [0.5, 0.6) is 11.5 Å². The monoisotopic (exact) mass is 519 g/mol. The first-order chi connectivity index (χ1) is 18.4. The highest BCUT2D eigenvalue weighted by Crippen LogP contribution is 2.48. The summed E-state index contributed by atoms with van der Waals surface area (Å²) in [4.78, 5) is 32.2. The number of rotatable bonds is 6. The van der Waals surface area contributed by atoms with Gasteiger partial charge in [-0.05, 0) is 74.3 Å². The molecule has 1 aliphatic heterocycles. The highest BCUT2D eigenvalue weighted by Gasteiger charge is 2.46. The van der Waals surface area contributed by atoms with Gasteiger partial charge >= 0.3 is 5.97 Å². The van der Waals surface area contributed by atoms with Gasteiger partial charge in [0.05, 0.1) is 14.2 Å². The van der Waals surface area contributed by atoms with Crippen LogP contribution in [0, 0.1) is 11.7 Å². The van der Waals surface area contributed by atoms with Gasteiger partial charge in [-0.2, -0.15) is 0 Å². The number of methoxy groups -OCH3 is 2. The van der Waals surface area contributed by atoms with Crippen molar-refractivity contribution in [3.05, 3.63) is 70.7 Å². The molecule has 0 bridgehead atoms. The molecular weight excluding hydrogens is 485 g/mol. The third-order valence-electron chi connectivity index (χ3n) is 8.10. The number of hydrogen-bond donors (Lipinski definition) is 0. The first-order valence-corrected chi connectivity index (χ1v) is 13.4. The molecule has 3 atom stereocenters. The number of benzene rings is 2. The number of allylic oxidation sites excluding steroid dienone is 2. The van der Waals surface area contributed by atoms with Crippen LogP contribution < -0.4 is 9.47 Å². The Bertz CT molecular complexity index is 1290. The van der Waals surface area contributed by atoms with Crippen LogP contribution in [-0.4, -0.2) is 37.8 Å². The largest absolute Gasteiger partial charge is 0.493 e. The van der Waals surface area contributed by atoms with Crippen molar-refractivity contribution in [2.24, 2.45) is 10.9 Å². The molecule has 3 aliphatic rings.